The van der Waals surface area contributed by atoms with Crippen molar-refractivity contribution in [3.8, 4) is 28.1 Å². The minimum absolute atomic E-state index is 0.00214. The third-order valence-corrected chi connectivity index (χ3v) is 7.95. The second-order valence-electron chi connectivity index (χ2n) is 12.4. The molecule has 0 saturated carbocycles. The number of methoxy groups -OCH3 is 1. The van der Waals surface area contributed by atoms with Crippen molar-refractivity contribution < 1.29 is 14.2 Å². The summed E-state index contributed by atoms with van der Waals surface area (Å²) in [5.41, 5.74) is 5.53. The first kappa shape index (κ1) is 26.9. The van der Waals surface area contributed by atoms with Gasteiger partial charge in [-0.2, -0.15) is 5.10 Å². The first-order valence-corrected chi connectivity index (χ1v) is 14.3. The number of aromatic nitrogens is 5. The van der Waals surface area contributed by atoms with Crippen LogP contribution in [-0.4, -0.2) is 55.9 Å². The Balaban J connectivity index is 1.30. The Morgan fingerprint density at radius 2 is 1.88 bits per heavy atom. The molecule has 212 valence electrons. The maximum Gasteiger partial charge on any atom is 0.188 e. The molecule has 9 heteroatoms. The molecule has 0 amide bonds. The van der Waals surface area contributed by atoms with Gasteiger partial charge in [-0.1, -0.05) is 6.07 Å². The highest BCUT2D eigenvalue weighted by Crippen LogP contribution is 2.38. The summed E-state index contributed by atoms with van der Waals surface area (Å²) in [6.07, 6.45) is 13.2. The zero-order valence-corrected chi connectivity index (χ0v) is 24.2. The predicted molar refractivity (Wildman–Crippen MR) is 155 cm³/mol. The van der Waals surface area contributed by atoms with Gasteiger partial charge in [0.1, 0.15) is 17.5 Å². The highest BCUT2D eigenvalue weighted by Gasteiger charge is 2.38. The van der Waals surface area contributed by atoms with E-state index in [-0.39, 0.29) is 24.1 Å². The lowest BCUT2D eigenvalue weighted by atomic mass is 9.79. The normalized spacial score (nSPS) is 21.1. The van der Waals surface area contributed by atoms with Crippen molar-refractivity contribution in [1.82, 2.24) is 29.6 Å². The van der Waals surface area contributed by atoms with Crippen LogP contribution in [-0.2, 0) is 9.47 Å². The molecular formula is C31H40N6O3. The van der Waals surface area contributed by atoms with Crippen LogP contribution in [0.4, 0.5) is 0 Å². The molecule has 0 radical (unpaired) electrons. The van der Waals surface area contributed by atoms with Crippen LogP contribution < -0.4 is 10.1 Å². The smallest absolute Gasteiger partial charge is 0.188 e. The third-order valence-electron chi connectivity index (χ3n) is 7.95. The first-order valence-electron chi connectivity index (χ1n) is 14.3. The fourth-order valence-electron chi connectivity index (χ4n) is 6.55. The summed E-state index contributed by atoms with van der Waals surface area (Å²) in [5, 5.41) is 8.35. The molecule has 3 aromatic heterocycles. The molecule has 2 fully saturated rings. The van der Waals surface area contributed by atoms with Crippen LogP contribution in [0, 0.1) is 0 Å². The Labute approximate surface area is 235 Å². The minimum Gasteiger partial charge on any atom is -0.467 e. The zero-order valence-electron chi connectivity index (χ0n) is 24.2. The van der Waals surface area contributed by atoms with Gasteiger partial charge in [0, 0.05) is 54.4 Å². The molecule has 0 spiro atoms. The number of hydrogen-bond donors (Lipinski definition) is 1. The summed E-state index contributed by atoms with van der Waals surface area (Å²) < 4.78 is 21.4. The Bertz CT molecular complexity index is 1470. The maximum absolute atomic E-state index is 6.03. The number of fused-ring (bicyclic) bond motifs is 1. The van der Waals surface area contributed by atoms with Crippen LogP contribution >= 0.6 is 0 Å². The number of hydrogen-bond acceptors (Lipinski definition) is 7. The molecule has 2 aliphatic rings. The van der Waals surface area contributed by atoms with E-state index in [9.17, 15) is 0 Å². The maximum atomic E-state index is 6.03. The van der Waals surface area contributed by atoms with Gasteiger partial charge in [-0.05, 0) is 83.6 Å². The summed E-state index contributed by atoms with van der Waals surface area (Å²) >= 11 is 0. The molecule has 0 aliphatic carbocycles. The monoisotopic (exact) mass is 544 g/mol. The van der Waals surface area contributed by atoms with Crippen molar-refractivity contribution in [3.63, 3.8) is 0 Å². The molecule has 0 bridgehead atoms. The van der Waals surface area contributed by atoms with Crippen LogP contribution in [0.25, 0.3) is 33.5 Å². The average Bonchev–Trinajstić information content (AvgIpc) is 3.58. The van der Waals surface area contributed by atoms with E-state index in [0.717, 1.165) is 72.3 Å². The van der Waals surface area contributed by atoms with Crippen LogP contribution in [0.5, 0.6) is 5.75 Å². The Hall–Kier alpha value is -3.27. The van der Waals surface area contributed by atoms with E-state index in [0.29, 0.717) is 11.8 Å². The van der Waals surface area contributed by atoms with Crippen LogP contribution in [0.15, 0.2) is 49.1 Å². The molecule has 9 nitrogen and oxygen atoms in total. The molecule has 4 aromatic rings. The number of nitrogens with zero attached hydrogens (tertiary/aromatic N) is 5. The standard InChI is InChI=1S/C31H40N6O3/c1-30(2)15-23(16-31(3,4)35-30)36-12-11-25-29(36)32-18-26(34-25)24-10-9-21(14-27(24)40-20-38-5)22-17-33-37(19-22)28-8-6-7-13-39-28/h9-12,14,17-19,23,28,35H,6-8,13,15-16,20H2,1-5H3. The van der Waals surface area contributed by atoms with E-state index in [1.54, 1.807) is 7.11 Å². The van der Waals surface area contributed by atoms with Gasteiger partial charge in [-0.3, -0.25) is 0 Å². The first-order chi connectivity index (χ1) is 19.2. The molecule has 40 heavy (non-hydrogen) atoms. The second kappa shape index (κ2) is 10.6. The van der Waals surface area contributed by atoms with E-state index >= 15 is 0 Å². The predicted octanol–water partition coefficient (Wildman–Crippen LogP) is 6.13. The van der Waals surface area contributed by atoms with E-state index < -0.39 is 0 Å². The van der Waals surface area contributed by atoms with Gasteiger partial charge in [0.05, 0.1) is 18.1 Å². The SMILES string of the molecule is COCOc1cc(-c2cnn(C3CCCCO3)c2)ccc1-c1cnc2c(ccn2C2CC(C)(C)NC(C)(C)C2)n1. The summed E-state index contributed by atoms with van der Waals surface area (Å²) in [7, 11) is 1.62. The molecule has 6 rings (SSSR count). The number of nitrogens with one attached hydrogen (secondary N) is 1. The molecule has 1 aromatic carbocycles. The van der Waals surface area contributed by atoms with Crippen LogP contribution in [0.2, 0.25) is 0 Å². The Morgan fingerprint density at radius 3 is 2.62 bits per heavy atom. The minimum atomic E-state index is 0.00214. The fraction of sp³-hybridized carbons (Fsp3) is 0.516. The molecule has 1 N–H and O–H groups in total. The quantitative estimate of drug-likeness (QED) is 0.280. The third kappa shape index (κ3) is 5.50. The summed E-state index contributed by atoms with van der Waals surface area (Å²) in [4.78, 5) is 9.93. The Morgan fingerprint density at radius 1 is 1.05 bits per heavy atom. The molecule has 2 saturated heterocycles. The Kier molecular flexibility index (Phi) is 7.14. The van der Waals surface area contributed by atoms with Crippen molar-refractivity contribution in [2.24, 2.45) is 0 Å². The summed E-state index contributed by atoms with van der Waals surface area (Å²) in [6.45, 7) is 10.0. The fourth-order valence-corrected chi connectivity index (χ4v) is 6.55. The van der Waals surface area contributed by atoms with Gasteiger partial charge in [0.15, 0.2) is 12.4 Å². The van der Waals surface area contributed by atoms with E-state index in [1.807, 2.05) is 35.4 Å². The van der Waals surface area contributed by atoms with Crippen LogP contribution in [0.3, 0.4) is 0 Å². The van der Waals surface area contributed by atoms with Crippen LogP contribution in [0.1, 0.15) is 72.1 Å². The lowest BCUT2D eigenvalue weighted by Crippen LogP contribution is -2.57. The van der Waals surface area contributed by atoms with Crippen molar-refractivity contribution in [2.75, 3.05) is 20.5 Å². The lowest BCUT2D eigenvalue weighted by Gasteiger charge is -2.47. The molecule has 5 heterocycles. The number of piperidine rings is 1. The average molecular weight is 545 g/mol. The molecule has 1 unspecified atom stereocenters. The van der Waals surface area contributed by atoms with E-state index in [1.165, 1.54) is 0 Å². The molecular weight excluding hydrogens is 504 g/mol. The topological polar surface area (TPSA) is 88.2 Å². The molecule has 2 aliphatic heterocycles. The van der Waals surface area contributed by atoms with Gasteiger partial charge < -0.3 is 24.1 Å². The largest absolute Gasteiger partial charge is 0.467 e. The number of ether oxygens (including phenoxy) is 3. The van der Waals surface area contributed by atoms with Gasteiger partial charge in [0.25, 0.3) is 0 Å². The lowest BCUT2D eigenvalue weighted by molar-refractivity contribution is -0.0394. The number of benzene rings is 1. The van der Waals surface area contributed by atoms with Gasteiger partial charge in [0.2, 0.25) is 0 Å². The van der Waals surface area contributed by atoms with Gasteiger partial charge in [-0.25, -0.2) is 14.6 Å². The highest BCUT2D eigenvalue weighted by atomic mass is 16.7. The summed E-state index contributed by atoms with van der Waals surface area (Å²) in [5.74, 6) is 0.691. The van der Waals surface area contributed by atoms with Crippen molar-refractivity contribution in [3.05, 3.63) is 49.1 Å². The van der Waals surface area contributed by atoms with Gasteiger partial charge in [-0.15, -0.1) is 0 Å². The van der Waals surface area contributed by atoms with Crippen molar-refractivity contribution in [2.45, 2.75) is 83.1 Å². The number of rotatable bonds is 7. The molecule has 1 atom stereocenters. The van der Waals surface area contributed by atoms with Crippen molar-refractivity contribution >= 4 is 11.2 Å². The highest BCUT2D eigenvalue weighted by molar-refractivity contribution is 5.79. The van der Waals surface area contributed by atoms with E-state index in [4.69, 9.17) is 24.2 Å². The van der Waals surface area contributed by atoms with Gasteiger partial charge >= 0.3 is 0 Å². The second-order valence-corrected chi connectivity index (χ2v) is 12.4. The zero-order chi connectivity index (χ0) is 27.9. The van der Waals surface area contributed by atoms with Crippen molar-refractivity contribution in [1.29, 1.82) is 0 Å². The summed E-state index contributed by atoms with van der Waals surface area (Å²) in [6, 6.07) is 8.56. The van der Waals surface area contributed by atoms with E-state index in [2.05, 4.69) is 61.0 Å².